The molecule has 0 heterocycles. The minimum atomic E-state index is -0.356. The lowest BCUT2D eigenvalue weighted by molar-refractivity contribution is 0.223. The third kappa shape index (κ3) is 3.14. The molecule has 96 valence electrons. The number of aliphatic hydroxyl groups is 1. The van der Waals surface area contributed by atoms with E-state index < -0.39 is 0 Å². The fraction of sp³-hybridized carbons (Fsp3) is 0.538. The van der Waals surface area contributed by atoms with Crippen LogP contribution in [0.25, 0.3) is 0 Å². The van der Waals surface area contributed by atoms with Gasteiger partial charge in [0.15, 0.2) is 0 Å². The van der Waals surface area contributed by atoms with Gasteiger partial charge in [-0.05, 0) is 36.6 Å². The topological polar surface area (TPSA) is 46.2 Å². The Morgan fingerprint density at radius 3 is 2.59 bits per heavy atom. The van der Waals surface area contributed by atoms with E-state index in [9.17, 15) is 5.11 Å². The second-order valence-corrected chi connectivity index (χ2v) is 5.37. The molecule has 1 aromatic rings. The first-order valence-electron chi connectivity index (χ1n) is 5.77. The predicted octanol–water partition coefficient (Wildman–Crippen LogP) is 3.37. The molecule has 1 aromatic carbocycles. The van der Waals surface area contributed by atoms with Crippen molar-refractivity contribution < 1.29 is 5.11 Å². The molecule has 0 aromatic heterocycles. The van der Waals surface area contributed by atoms with E-state index in [1.54, 1.807) is 12.1 Å². The van der Waals surface area contributed by atoms with Crippen LogP contribution in [0.15, 0.2) is 18.2 Å². The van der Waals surface area contributed by atoms with Gasteiger partial charge in [0.25, 0.3) is 0 Å². The Kier molecular flexibility index (Phi) is 5.26. The Hall–Kier alpha value is -0.280. The Balaban J connectivity index is 3.26. The van der Waals surface area contributed by atoms with Crippen LogP contribution in [-0.4, -0.2) is 17.8 Å². The number of aliphatic hydroxyl groups excluding tert-OH is 1. The van der Waals surface area contributed by atoms with Crippen LogP contribution in [-0.2, 0) is 5.41 Å². The minimum Gasteiger partial charge on any atom is -0.396 e. The van der Waals surface area contributed by atoms with Crippen molar-refractivity contribution in [2.45, 2.75) is 38.1 Å². The van der Waals surface area contributed by atoms with E-state index in [-0.39, 0.29) is 18.1 Å². The molecule has 0 spiro atoms. The van der Waals surface area contributed by atoms with E-state index in [1.807, 2.05) is 19.9 Å². The summed E-state index contributed by atoms with van der Waals surface area (Å²) in [7, 11) is 0. The van der Waals surface area contributed by atoms with Gasteiger partial charge in [-0.3, -0.25) is 0 Å². The first-order chi connectivity index (χ1) is 7.95. The normalized spacial score (nSPS) is 16.6. The summed E-state index contributed by atoms with van der Waals surface area (Å²) in [4.78, 5) is 0. The van der Waals surface area contributed by atoms with E-state index in [1.165, 1.54) is 0 Å². The molecule has 0 amide bonds. The van der Waals surface area contributed by atoms with Crippen LogP contribution in [0, 0.1) is 0 Å². The van der Waals surface area contributed by atoms with Gasteiger partial charge in [0.2, 0.25) is 0 Å². The van der Waals surface area contributed by atoms with Gasteiger partial charge in [0.05, 0.1) is 0 Å². The summed E-state index contributed by atoms with van der Waals surface area (Å²) in [5, 5.41) is 10.5. The van der Waals surface area contributed by atoms with Gasteiger partial charge < -0.3 is 10.8 Å². The molecule has 0 aliphatic rings. The Labute approximate surface area is 113 Å². The van der Waals surface area contributed by atoms with E-state index in [0.717, 1.165) is 12.0 Å². The zero-order chi connectivity index (χ0) is 13.1. The van der Waals surface area contributed by atoms with Gasteiger partial charge in [-0.2, -0.15) is 0 Å². The molecular weight excluding hydrogens is 257 g/mol. The van der Waals surface area contributed by atoms with Gasteiger partial charge in [0.1, 0.15) is 0 Å². The SMILES string of the molecule is CCC(N)C(C)(CCO)c1cc(Cl)ccc1Cl. The maximum atomic E-state index is 9.24. The van der Waals surface area contributed by atoms with Crippen molar-refractivity contribution in [3.63, 3.8) is 0 Å². The zero-order valence-corrected chi connectivity index (χ0v) is 11.7. The summed E-state index contributed by atoms with van der Waals surface area (Å²) in [6.45, 7) is 4.13. The lowest BCUT2D eigenvalue weighted by Gasteiger charge is -2.36. The third-order valence-corrected chi connectivity index (χ3v) is 4.00. The molecule has 3 N–H and O–H groups in total. The van der Waals surface area contributed by atoms with Gasteiger partial charge in [-0.1, -0.05) is 37.0 Å². The van der Waals surface area contributed by atoms with E-state index in [2.05, 4.69) is 0 Å². The largest absolute Gasteiger partial charge is 0.396 e. The first kappa shape index (κ1) is 14.8. The number of rotatable bonds is 5. The average Bonchev–Trinajstić information content (AvgIpc) is 2.31. The molecule has 2 atom stereocenters. The predicted molar refractivity (Wildman–Crippen MR) is 73.8 cm³/mol. The van der Waals surface area contributed by atoms with Crippen LogP contribution in [0.5, 0.6) is 0 Å². The van der Waals surface area contributed by atoms with Gasteiger partial charge in [-0.15, -0.1) is 0 Å². The lowest BCUT2D eigenvalue weighted by atomic mass is 9.73. The minimum absolute atomic E-state index is 0.0642. The molecule has 2 nitrogen and oxygen atoms in total. The summed E-state index contributed by atoms with van der Waals surface area (Å²) in [6, 6.07) is 5.31. The molecule has 0 aliphatic carbocycles. The summed E-state index contributed by atoms with van der Waals surface area (Å²) in [6.07, 6.45) is 1.39. The van der Waals surface area contributed by atoms with Gasteiger partial charge in [0, 0.05) is 28.1 Å². The lowest BCUT2D eigenvalue weighted by Crippen LogP contribution is -2.43. The van der Waals surface area contributed by atoms with E-state index >= 15 is 0 Å². The average molecular weight is 276 g/mol. The third-order valence-electron chi connectivity index (χ3n) is 3.43. The highest BCUT2D eigenvalue weighted by Crippen LogP contribution is 2.37. The Bertz CT molecular complexity index is 384. The highest BCUT2D eigenvalue weighted by Gasteiger charge is 2.34. The molecule has 1 rings (SSSR count). The van der Waals surface area contributed by atoms with Crippen molar-refractivity contribution in [2.24, 2.45) is 5.73 Å². The zero-order valence-electron chi connectivity index (χ0n) is 10.2. The molecule has 2 unspecified atom stereocenters. The van der Waals surface area contributed by atoms with Crippen LogP contribution in [0.2, 0.25) is 10.0 Å². The summed E-state index contributed by atoms with van der Waals surface area (Å²) in [5.74, 6) is 0. The first-order valence-corrected chi connectivity index (χ1v) is 6.53. The van der Waals surface area contributed by atoms with E-state index in [4.69, 9.17) is 28.9 Å². The molecule has 0 fully saturated rings. The van der Waals surface area contributed by atoms with Crippen molar-refractivity contribution in [3.05, 3.63) is 33.8 Å². The van der Waals surface area contributed by atoms with Crippen molar-refractivity contribution in [1.29, 1.82) is 0 Å². The molecule has 4 heteroatoms. The summed E-state index contributed by atoms with van der Waals surface area (Å²) >= 11 is 12.2. The fourth-order valence-corrected chi connectivity index (χ4v) is 2.64. The molecule has 0 aliphatic heterocycles. The van der Waals surface area contributed by atoms with Crippen LogP contribution >= 0.6 is 23.2 Å². The number of benzene rings is 1. The Morgan fingerprint density at radius 1 is 1.41 bits per heavy atom. The highest BCUT2D eigenvalue weighted by molar-refractivity contribution is 6.33. The van der Waals surface area contributed by atoms with Crippen LogP contribution in [0.4, 0.5) is 0 Å². The second kappa shape index (κ2) is 6.05. The molecule has 0 saturated carbocycles. The van der Waals surface area contributed by atoms with Gasteiger partial charge >= 0.3 is 0 Å². The number of hydrogen-bond donors (Lipinski definition) is 2. The molecule has 0 radical (unpaired) electrons. The van der Waals surface area contributed by atoms with Crippen molar-refractivity contribution in [1.82, 2.24) is 0 Å². The van der Waals surface area contributed by atoms with Crippen molar-refractivity contribution >= 4 is 23.2 Å². The molecule has 17 heavy (non-hydrogen) atoms. The number of hydrogen-bond acceptors (Lipinski definition) is 2. The van der Waals surface area contributed by atoms with Crippen LogP contribution < -0.4 is 5.73 Å². The van der Waals surface area contributed by atoms with Crippen LogP contribution in [0.1, 0.15) is 32.3 Å². The second-order valence-electron chi connectivity index (χ2n) is 4.53. The molecular formula is C13H19Cl2NO. The van der Waals surface area contributed by atoms with Crippen molar-refractivity contribution in [3.8, 4) is 0 Å². The van der Waals surface area contributed by atoms with E-state index in [0.29, 0.717) is 16.5 Å². The maximum Gasteiger partial charge on any atom is 0.0445 e. The Morgan fingerprint density at radius 2 is 2.06 bits per heavy atom. The fourth-order valence-electron chi connectivity index (χ4n) is 2.14. The summed E-state index contributed by atoms with van der Waals surface area (Å²) < 4.78 is 0. The summed E-state index contributed by atoms with van der Waals surface area (Å²) in [5.41, 5.74) is 6.73. The molecule has 0 bridgehead atoms. The smallest absolute Gasteiger partial charge is 0.0445 e. The van der Waals surface area contributed by atoms with Gasteiger partial charge in [-0.25, -0.2) is 0 Å². The monoisotopic (exact) mass is 275 g/mol. The number of halogens is 2. The van der Waals surface area contributed by atoms with Crippen LogP contribution in [0.3, 0.4) is 0 Å². The molecule has 0 saturated heterocycles. The number of nitrogens with two attached hydrogens (primary N) is 1. The van der Waals surface area contributed by atoms with Crippen molar-refractivity contribution in [2.75, 3.05) is 6.61 Å². The highest BCUT2D eigenvalue weighted by atomic mass is 35.5. The maximum absolute atomic E-state index is 9.24. The quantitative estimate of drug-likeness (QED) is 0.866. The standard InChI is InChI=1S/C13H19Cl2NO/c1-3-12(16)13(2,6-7-17)10-8-9(14)4-5-11(10)15/h4-5,8,12,17H,3,6-7,16H2,1-2H3.